The van der Waals surface area contributed by atoms with Gasteiger partial charge < -0.3 is 14.9 Å². The zero-order chi connectivity index (χ0) is 31.0. The zero-order valence-electron chi connectivity index (χ0n) is 25.5. The van der Waals surface area contributed by atoms with Crippen LogP contribution in [0.4, 0.5) is 0 Å². The summed E-state index contributed by atoms with van der Waals surface area (Å²) in [5, 5.41) is 21.0. The number of aliphatic hydroxyl groups excluding tert-OH is 1. The molecule has 9 heteroatoms. The highest BCUT2D eigenvalue weighted by atomic mass is 16.5. The van der Waals surface area contributed by atoms with Crippen molar-refractivity contribution >= 4 is 35.1 Å². The van der Waals surface area contributed by atoms with Crippen LogP contribution in [0.25, 0.3) is 0 Å². The summed E-state index contributed by atoms with van der Waals surface area (Å²) >= 11 is 0. The third-order valence-electron chi connectivity index (χ3n) is 11.7. The van der Waals surface area contributed by atoms with E-state index in [0.29, 0.717) is 17.6 Å². The molecule has 9 atom stereocenters. The van der Waals surface area contributed by atoms with Gasteiger partial charge in [0, 0.05) is 54.4 Å². The number of aliphatic carboxylic acids is 1. The van der Waals surface area contributed by atoms with Crippen molar-refractivity contribution < 1.29 is 43.7 Å². The predicted octanol–water partition coefficient (Wildman–Crippen LogP) is 3.88. The number of rotatable bonds is 7. The molecule has 4 aliphatic carbocycles. The first-order valence-corrected chi connectivity index (χ1v) is 14.7. The summed E-state index contributed by atoms with van der Waals surface area (Å²) in [6, 6.07) is 0. The van der Waals surface area contributed by atoms with Gasteiger partial charge in [0.15, 0.2) is 6.10 Å². The number of aliphatic hydroxyl groups is 1. The third-order valence-corrected chi connectivity index (χ3v) is 11.7. The van der Waals surface area contributed by atoms with Crippen LogP contribution >= 0.6 is 0 Å². The monoisotopic (exact) mass is 572 g/mol. The minimum Gasteiger partial charge on any atom is -0.481 e. The third kappa shape index (κ3) is 4.28. The number of carboxylic acids is 1. The van der Waals surface area contributed by atoms with Gasteiger partial charge in [-0.3, -0.25) is 28.8 Å². The van der Waals surface area contributed by atoms with E-state index in [1.807, 2.05) is 20.8 Å². The van der Waals surface area contributed by atoms with Gasteiger partial charge in [-0.25, -0.2) is 0 Å². The van der Waals surface area contributed by atoms with E-state index in [2.05, 4.69) is 0 Å². The van der Waals surface area contributed by atoms with Crippen LogP contribution in [-0.2, 0) is 33.5 Å². The second kappa shape index (κ2) is 9.96. The molecule has 41 heavy (non-hydrogen) atoms. The van der Waals surface area contributed by atoms with Crippen LogP contribution in [-0.4, -0.2) is 57.5 Å². The SMILES string of the molecule is CC(=O)O[C@@H]1C(=O)C2=C([C@@H](O)CC3C(C)(C)C(=O)CC[C@]23C)[C@]2(C)C(=O)C[C@H]([C@H](C)CC(=O)CC(C)C(=O)O)[C@@]12C. The molecule has 0 aromatic rings. The highest BCUT2D eigenvalue weighted by Gasteiger charge is 2.74. The number of Topliss-reactive ketones (excluding diaryl/α,β-unsaturated/α-hetero) is 4. The molecule has 2 unspecified atom stereocenters. The van der Waals surface area contributed by atoms with Gasteiger partial charge in [-0.05, 0) is 43.1 Å². The molecule has 2 fully saturated rings. The van der Waals surface area contributed by atoms with Gasteiger partial charge in [0.1, 0.15) is 17.3 Å². The molecule has 0 radical (unpaired) electrons. The number of hydrogen-bond donors (Lipinski definition) is 2. The Morgan fingerprint density at radius 2 is 1.61 bits per heavy atom. The maximum atomic E-state index is 14.6. The minimum atomic E-state index is -1.36. The summed E-state index contributed by atoms with van der Waals surface area (Å²) in [4.78, 5) is 78.4. The Morgan fingerprint density at radius 1 is 1.00 bits per heavy atom. The first kappa shape index (κ1) is 31.3. The van der Waals surface area contributed by atoms with E-state index in [1.54, 1.807) is 20.8 Å². The lowest BCUT2D eigenvalue weighted by molar-refractivity contribution is -0.176. The van der Waals surface area contributed by atoms with Gasteiger partial charge in [-0.2, -0.15) is 0 Å². The molecule has 0 aromatic carbocycles. The number of ketones is 4. The Bertz CT molecular complexity index is 1260. The molecular weight excluding hydrogens is 528 g/mol. The summed E-state index contributed by atoms with van der Waals surface area (Å²) in [5.74, 6) is -4.74. The van der Waals surface area contributed by atoms with Gasteiger partial charge in [0.25, 0.3) is 0 Å². The smallest absolute Gasteiger partial charge is 0.306 e. The molecule has 0 aromatic heterocycles. The van der Waals surface area contributed by atoms with Crippen molar-refractivity contribution in [2.45, 2.75) is 106 Å². The maximum Gasteiger partial charge on any atom is 0.306 e. The molecule has 2 saturated carbocycles. The highest BCUT2D eigenvalue weighted by Crippen LogP contribution is 2.70. The average molecular weight is 573 g/mol. The molecule has 226 valence electrons. The van der Waals surface area contributed by atoms with Crippen LogP contribution in [0.15, 0.2) is 11.1 Å². The van der Waals surface area contributed by atoms with Gasteiger partial charge in [-0.15, -0.1) is 0 Å². The Balaban J connectivity index is 1.88. The lowest BCUT2D eigenvalue weighted by atomic mass is 9.42. The first-order chi connectivity index (χ1) is 18.8. The highest BCUT2D eigenvalue weighted by molar-refractivity contribution is 6.09. The lowest BCUT2D eigenvalue weighted by Gasteiger charge is -2.61. The van der Waals surface area contributed by atoms with Gasteiger partial charge >= 0.3 is 11.9 Å². The summed E-state index contributed by atoms with van der Waals surface area (Å²) in [6.07, 6.45) is -1.71. The first-order valence-electron chi connectivity index (χ1n) is 14.7. The summed E-state index contributed by atoms with van der Waals surface area (Å²) in [7, 11) is 0. The number of carboxylic acid groups (broad SMARTS) is 1. The molecule has 0 amide bonds. The largest absolute Gasteiger partial charge is 0.481 e. The Hall–Kier alpha value is -2.68. The van der Waals surface area contributed by atoms with Gasteiger partial charge in [0.05, 0.1) is 17.4 Å². The Kier molecular flexibility index (Phi) is 7.59. The number of fused-ring (bicyclic) bond motifs is 4. The quantitative estimate of drug-likeness (QED) is 0.433. The van der Waals surface area contributed by atoms with Crippen LogP contribution in [0.3, 0.4) is 0 Å². The fourth-order valence-electron chi connectivity index (χ4n) is 9.26. The Morgan fingerprint density at radius 3 is 2.17 bits per heavy atom. The van der Waals surface area contributed by atoms with Crippen LogP contribution in [0.1, 0.15) is 93.9 Å². The van der Waals surface area contributed by atoms with Crippen LogP contribution in [0, 0.1) is 45.3 Å². The molecule has 0 spiro atoms. The summed E-state index contributed by atoms with van der Waals surface area (Å²) < 4.78 is 5.81. The van der Waals surface area contributed by atoms with E-state index < -0.39 is 69.3 Å². The molecule has 2 N–H and O–H groups in total. The lowest BCUT2D eigenvalue weighted by Crippen LogP contribution is -2.65. The summed E-state index contributed by atoms with van der Waals surface area (Å²) in [5.41, 5.74) is -3.52. The van der Waals surface area contributed by atoms with Crippen LogP contribution in [0.5, 0.6) is 0 Å². The van der Waals surface area contributed by atoms with Crippen LogP contribution < -0.4 is 0 Å². The van der Waals surface area contributed by atoms with Crippen molar-refractivity contribution in [3.8, 4) is 0 Å². The molecule has 0 saturated heterocycles. The number of hydrogen-bond acceptors (Lipinski definition) is 8. The topological polar surface area (TPSA) is 152 Å². The second-order valence-electron chi connectivity index (χ2n) is 14.3. The van der Waals surface area contributed by atoms with Gasteiger partial charge in [0.2, 0.25) is 5.78 Å². The van der Waals surface area contributed by atoms with Crippen molar-refractivity contribution in [3.63, 3.8) is 0 Å². The normalized spacial score (nSPS) is 39.4. The molecular formula is C32H44O9. The fourth-order valence-corrected chi connectivity index (χ4v) is 9.26. The number of esters is 1. The van der Waals surface area contributed by atoms with E-state index >= 15 is 0 Å². The number of carbonyl (C=O) groups is 6. The zero-order valence-corrected chi connectivity index (χ0v) is 25.5. The maximum absolute atomic E-state index is 14.6. The van der Waals surface area contributed by atoms with Crippen molar-refractivity contribution in [2.24, 2.45) is 45.3 Å². The Labute approximate surface area is 241 Å². The molecule has 4 aliphatic rings. The molecule has 0 bridgehead atoms. The number of carbonyl (C=O) groups excluding carboxylic acids is 5. The predicted molar refractivity (Wildman–Crippen MR) is 147 cm³/mol. The van der Waals surface area contributed by atoms with Crippen molar-refractivity contribution in [1.29, 1.82) is 0 Å². The molecule has 4 rings (SSSR count). The molecule has 9 nitrogen and oxygen atoms in total. The van der Waals surface area contributed by atoms with E-state index in [-0.39, 0.29) is 55.4 Å². The second-order valence-corrected chi connectivity index (χ2v) is 14.3. The van der Waals surface area contributed by atoms with Crippen LogP contribution in [0.2, 0.25) is 0 Å². The van der Waals surface area contributed by atoms with Crippen molar-refractivity contribution in [2.75, 3.05) is 0 Å². The molecule has 0 heterocycles. The van der Waals surface area contributed by atoms with Crippen molar-refractivity contribution in [3.05, 3.63) is 11.1 Å². The van der Waals surface area contributed by atoms with E-state index in [0.717, 1.165) is 0 Å². The van der Waals surface area contributed by atoms with Crippen molar-refractivity contribution in [1.82, 2.24) is 0 Å². The summed E-state index contributed by atoms with van der Waals surface area (Å²) in [6.45, 7) is 13.6. The van der Waals surface area contributed by atoms with Gasteiger partial charge in [-0.1, -0.05) is 41.5 Å². The standard InChI is InChI=1S/C32H44O9/c1-15(11-18(34)12-16(2)28(39)40)19-13-23(37)32(8)24-20(35)14-21-29(4,5)22(36)9-10-30(21,6)25(24)26(38)27(31(19,32)7)41-17(3)33/h15-16,19-21,27,35H,9-14H2,1-8H3,(H,39,40)/t15-,16?,19-,20+,21?,27-,30+,31+,32+/m1/s1. The van der Waals surface area contributed by atoms with E-state index in [1.165, 1.54) is 13.8 Å². The average Bonchev–Trinajstić information content (AvgIpc) is 3.07. The number of ether oxygens (including phenoxy) is 1. The minimum absolute atomic E-state index is 0.00671. The van der Waals surface area contributed by atoms with E-state index in [4.69, 9.17) is 4.74 Å². The molecule has 0 aliphatic heterocycles. The fraction of sp³-hybridized carbons (Fsp3) is 0.750. The van der Waals surface area contributed by atoms with E-state index in [9.17, 15) is 39.0 Å².